The molecular formula is C20H29Cl2NTi-2. The molecule has 0 spiro atoms. The maximum atomic E-state index is 6.94. The molecule has 0 heterocycles. The molecule has 1 aliphatic rings. The fourth-order valence-corrected chi connectivity index (χ4v) is 2.40. The van der Waals surface area contributed by atoms with Crippen molar-refractivity contribution in [3.05, 3.63) is 64.3 Å². The normalized spacial score (nSPS) is 13.2. The third-order valence-electron chi connectivity index (χ3n) is 3.69. The van der Waals surface area contributed by atoms with E-state index in [0.717, 1.165) is 6.42 Å². The van der Waals surface area contributed by atoms with Gasteiger partial charge in [-0.1, -0.05) is 50.5 Å². The third-order valence-corrected chi connectivity index (χ3v) is 3.69. The van der Waals surface area contributed by atoms with Gasteiger partial charge in [0.2, 0.25) is 0 Å². The molecule has 0 amide bonds. The van der Waals surface area contributed by atoms with E-state index in [1.54, 1.807) is 0 Å². The number of allylic oxidation sites excluding steroid dienone is 4. The second-order valence-corrected chi connectivity index (χ2v) is 6.81. The number of hydrogen-bond acceptors (Lipinski definition) is 0. The average Bonchev–Trinajstić information content (AvgIpc) is 2.64. The van der Waals surface area contributed by atoms with Crippen LogP contribution in [0.5, 0.6) is 0 Å². The Hall–Kier alpha value is -0.176. The molecule has 134 valence electrons. The number of rotatable bonds is 2. The molecular weight excluding hydrogens is 373 g/mol. The van der Waals surface area contributed by atoms with Gasteiger partial charge in [-0.15, -0.1) is 23.2 Å². The van der Waals surface area contributed by atoms with Gasteiger partial charge in [0.25, 0.3) is 0 Å². The van der Waals surface area contributed by atoms with Gasteiger partial charge in [0, 0.05) is 0 Å². The standard InChI is InChI=1S/C16H19.C4H10N.2ClH.Ti/c1-5-14-8-6-7-9-15(14)16-10-11(2)12(3)13(16)4;1-4(2,3)5;;;/h5-9H,10H2,1-4H3;5H,1-3H3;2*1H;/q2*-1;;;+2/p-2. The predicted molar refractivity (Wildman–Crippen MR) is 95.2 cm³/mol. The number of nitrogens with one attached hydrogen (secondary N) is 1. The molecule has 1 aromatic carbocycles. The summed E-state index contributed by atoms with van der Waals surface area (Å²) in [5.74, 6) is 0. The van der Waals surface area contributed by atoms with Gasteiger partial charge >= 0.3 is 21.7 Å². The maximum Gasteiger partial charge on any atom is 2.00 e. The van der Waals surface area contributed by atoms with Crippen molar-refractivity contribution in [2.75, 3.05) is 0 Å². The first-order valence-corrected chi connectivity index (χ1v) is 7.65. The molecule has 0 bridgehead atoms. The molecule has 0 saturated heterocycles. The summed E-state index contributed by atoms with van der Waals surface area (Å²) < 4.78 is 0. The molecule has 0 aliphatic heterocycles. The molecule has 0 radical (unpaired) electrons. The largest absolute Gasteiger partial charge is 2.00 e. The summed E-state index contributed by atoms with van der Waals surface area (Å²) in [5.41, 5.74) is 15.4. The Kier molecular flexibility index (Phi) is 14.6. The predicted octanol–water partition coefficient (Wildman–Crippen LogP) is 0.615. The first-order valence-electron chi connectivity index (χ1n) is 7.65. The summed E-state index contributed by atoms with van der Waals surface area (Å²) >= 11 is 0. The van der Waals surface area contributed by atoms with E-state index in [1.807, 2.05) is 20.8 Å². The minimum atomic E-state index is -0.250. The van der Waals surface area contributed by atoms with Crippen LogP contribution in [0.25, 0.3) is 11.3 Å². The van der Waals surface area contributed by atoms with Gasteiger partial charge in [0.1, 0.15) is 0 Å². The molecule has 24 heavy (non-hydrogen) atoms. The quantitative estimate of drug-likeness (QED) is 0.512. The Balaban J connectivity index is -0.000000490. The van der Waals surface area contributed by atoms with E-state index < -0.39 is 0 Å². The Morgan fingerprint density at radius 3 is 1.79 bits per heavy atom. The van der Waals surface area contributed by atoms with Gasteiger partial charge in [0.15, 0.2) is 0 Å². The Morgan fingerprint density at radius 1 is 0.958 bits per heavy atom. The van der Waals surface area contributed by atoms with Gasteiger partial charge in [-0.2, -0.15) is 18.1 Å². The van der Waals surface area contributed by atoms with Crippen LogP contribution < -0.4 is 24.8 Å². The molecule has 4 heteroatoms. The number of benzene rings is 1. The van der Waals surface area contributed by atoms with Crippen LogP contribution >= 0.6 is 0 Å². The van der Waals surface area contributed by atoms with E-state index in [0.29, 0.717) is 0 Å². The van der Waals surface area contributed by atoms with Crippen LogP contribution in [0.4, 0.5) is 0 Å². The minimum Gasteiger partial charge on any atom is -1.00 e. The first kappa shape index (κ1) is 28.6. The molecule has 0 saturated carbocycles. The Bertz CT molecular complexity index is 563. The van der Waals surface area contributed by atoms with Crippen LogP contribution in [0.2, 0.25) is 0 Å². The van der Waals surface area contributed by atoms with Gasteiger partial charge in [-0.05, 0) is 32.8 Å². The second-order valence-electron chi connectivity index (χ2n) is 6.81. The van der Waals surface area contributed by atoms with E-state index in [9.17, 15) is 0 Å². The van der Waals surface area contributed by atoms with Crippen molar-refractivity contribution >= 4 is 5.57 Å². The smallest absolute Gasteiger partial charge is 1.00 e. The maximum absolute atomic E-state index is 6.94. The molecule has 1 nitrogen and oxygen atoms in total. The van der Waals surface area contributed by atoms with Crippen LogP contribution in [-0.4, -0.2) is 5.54 Å². The molecule has 0 unspecified atom stereocenters. The fourth-order valence-electron chi connectivity index (χ4n) is 2.40. The number of hydrogen-bond donors (Lipinski definition) is 0. The zero-order valence-corrected chi connectivity index (χ0v) is 18.9. The zero-order chi connectivity index (χ0) is 16.2. The molecule has 1 N–H and O–H groups in total. The second kappa shape index (κ2) is 12.2. The van der Waals surface area contributed by atoms with Crippen molar-refractivity contribution < 1.29 is 46.5 Å². The summed E-state index contributed by atoms with van der Waals surface area (Å²) in [6.45, 7) is 14.4. The van der Waals surface area contributed by atoms with Crippen molar-refractivity contribution in [2.45, 2.75) is 60.4 Å². The molecule has 1 aliphatic carbocycles. The van der Waals surface area contributed by atoms with E-state index in [2.05, 4.69) is 58.4 Å². The molecule has 2 rings (SSSR count). The van der Waals surface area contributed by atoms with Crippen LogP contribution in [0.3, 0.4) is 0 Å². The summed E-state index contributed by atoms with van der Waals surface area (Å²) in [4.78, 5) is 0. The Labute approximate surface area is 176 Å². The van der Waals surface area contributed by atoms with Crippen molar-refractivity contribution in [2.24, 2.45) is 0 Å². The van der Waals surface area contributed by atoms with Crippen LogP contribution in [-0.2, 0) is 21.7 Å². The van der Waals surface area contributed by atoms with Crippen LogP contribution in [0, 0.1) is 6.42 Å². The minimum absolute atomic E-state index is 0. The average molecular weight is 402 g/mol. The molecule has 0 fully saturated rings. The fraction of sp³-hybridized carbons (Fsp3) is 0.450. The molecule has 0 atom stereocenters. The van der Waals surface area contributed by atoms with E-state index in [4.69, 9.17) is 5.73 Å². The molecule has 0 aromatic heterocycles. The van der Waals surface area contributed by atoms with Gasteiger partial charge in [-0.3, -0.25) is 0 Å². The SMILES string of the molecule is CC(C)(C)[NH-].C[CH-]c1ccccc1C1=C(C)C(C)=C(C)C1.[Cl-].[Cl-].[Ti+2]. The van der Waals surface area contributed by atoms with Crippen molar-refractivity contribution in [1.29, 1.82) is 0 Å². The summed E-state index contributed by atoms with van der Waals surface area (Å²) in [6, 6.07) is 8.67. The van der Waals surface area contributed by atoms with E-state index in [-0.39, 0.29) is 52.1 Å². The molecule has 1 aromatic rings. The monoisotopic (exact) mass is 401 g/mol. The van der Waals surface area contributed by atoms with Gasteiger partial charge < -0.3 is 30.5 Å². The summed E-state index contributed by atoms with van der Waals surface area (Å²) in [5, 5.41) is 0. The van der Waals surface area contributed by atoms with Crippen molar-refractivity contribution in [3.8, 4) is 0 Å². The number of halogens is 2. The van der Waals surface area contributed by atoms with E-state index >= 15 is 0 Å². The third kappa shape index (κ3) is 8.78. The van der Waals surface area contributed by atoms with Gasteiger partial charge in [0.05, 0.1) is 0 Å². The summed E-state index contributed by atoms with van der Waals surface area (Å²) in [6.07, 6.45) is 3.31. The van der Waals surface area contributed by atoms with Gasteiger partial charge in [-0.25, -0.2) is 0 Å². The van der Waals surface area contributed by atoms with E-state index in [1.165, 1.54) is 33.4 Å². The first-order chi connectivity index (χ1) is 9.65. The Morgan fingerprint density at radius 2 is 1.42 bits per heavy atom. The van der Waals surface area contributed by atoms with Crippen LogP contribution in [0.15, 0.2) is 41.0 Å². The topological polar surface area (TPSA) is 23.8 Å². The van der Waals surface area contributed by atoms with Crippen molar-refractivity contribution in [1.82, 2.24) is 0 Å². The van der Waals surface area contributed by atoms with Crippen LogP contribution in [0.1, 0.15) is 66.0 Å². The van der Waals surface area contributed by atoms with Crippen molar-refractivity contribution in [3.63, 3.8) is 0 Å². The zero-order valence-electron chi connectivity index (χ0n) is 15.8. The summed E-state index contributed by atoms with van der Waals surface area (Å²) in [7, 11) is 0.